The normalized spacial score (nSPS) is 15.8. The minimum absolute atomic E-state index is 0.199. The van der Waals surface area contributed by atoms with Crippen molar-refractivity contribution in [3.8, 4) is 0 Å². The van der Waals surface area contributed by atoms with E-state index in [-0.39, 0.29) is 5.91 Å². The first-order chi connectivity index (χ1) is 12.9. The van der Waals surface area contributed by atoms with E-state index in [1.165, 1.54) is 5.56 Å². The number of aryl methyl sites for hydroxylation is 1. The molecule has 1 fully saturated rings. The highest BCUT2D eigenvalue weighted by molar-refractivity contribution is 6.35. The van der Waals surface area contributed by atoms with Crippen LogP contribution in [-0.2, 0) is 21.4 Å². The smallest absolute Gasteiger partial charge is 0.240 e. The Labute approximate surface area is 169 Å². The van der Waals surface area contributed by atoms with Gasteiger partial charge < -0.3 is 11.1 Å². The number of halogens is 2. The van der Waals surface area contributed by atoms with Crippen molar-refractivity contribution < 1.29 is 9.59 Å². The highest BCUT2D eigenvalue weighted by Crippen LogP contribution is 2.51. The van der Waals surface area contributed by atoms with Gasteiger partial charge in [-0.3, -0.25) is 9.59 Å². The quantitative estimate of drug-likeness (QED) is 0.697. The van der Waals surface area contributed by atoms with Crippen LogP contribution >= 0.6 is 23.2 Å². The third-order valence-corrected chi connectivity index (χ3v) is 5.63. The molecule has 1 aliphatic carbocycles. The minimum atomic E-state index is -0.690. The van der Waals surface area contributed by atoms with Crippen LogP contribution in [0.25, 0.3) is 0 Å². The molecule has 142 valence electrons. The van der Waals surface area contributed by atoms with Crippen LogP contribution in [-0.4, -0.2) is 17.9 Å². The molecule has 0 spiro atoms. The Morgan fingerprint density at radius 3 is 2.41 bits per heavy atom. The summed E-state index contributed by atoms with van der Waals surface area (Å²) in [6.07, 6.45) is 3.47. The van der Waals surface area contributed by atoms with Crippen molar-refractivity contribution in [2.75, 3.05) is 0 Å². The minimum Gasteiger partial charge on any atom is -0.368 e. The molecule has 0 radical (unpaired) electrons. The Kier molecular flexibility index (Phi) is 6.08. The summed E-state index contributed by atoms with van der Waals surface area (Å²) < 4.78 is 0. The third-order valence-electron chi connectivity index (χ3n) is 5.08. The van der Waals surface area contributed by atoms with Crippen LogP contribution in [0.15, 0.2) is 48.5 Å². The summed E-state index contributed by atoms with van der Waals surface area (Å²) in [5, 5.41) is 3.83. The van der Waals surface area contributed by atoms with Gasteiger partial charge in [0.25, 0.3) is 0 Å². The van der Waals surface area contributed by atoms with Gasteiger partial charge in [-0.25, -0.2) is 0 Å². The number of nitrogens with two attached hydrogens (primary N) is 1. The Morgan fingerprint density at radius 1 is 1.11 bits per heavy atom. The van der Waals surface area contributed by atoms with Crippen molar-refractivity contribution in [2.45, 2.75) is 43.6 Å². The maximum Gasteiger partial charge on any atom is 0.240 e. The zero-order valence-corrected chi connectivity index (χ0v) is 16.4. The van der Waals surface area contributed by atoms with Gasteiger partial charge in [-0.1, -0.05) is 59.6 Å². The Bertz CT molecular complexity index is 835. The second kappa shape index (κ2) is 8.32. The van der Waals surface area contributed by atoms with Crippen LogP contribution in [0.2, 0.25) is 10.0 Å². The van der Waals surface area contributed by atoms with Crippen LogP contribution in [0.3, 0.4) is 0 Å². The number of hydrogen-bond donors (Lipinski definition) is 2. The zero-order valence-electron chi connectivity index (χ0n) is 14.9. The van der Waals surface area contributed by atoms with Crippen molar-refractivity contribution in [3.63, 3.8) is 0 Å². The highest BCUT2D eigenvalue weighted by atomic mass is 35.5. The molecule has 1 aliphatic rings. The predicted octanol–water partition coefficient (Wildman–Crippen LogP) is 4.02. The van der Waals surface area contributed by atoms with Gasteiger partial charge in [-0.15, -0.1) is 0 Å². The van der Waals surface area contributed by atoms with E-state index in [1.807, 2.05) is 30.3 Å². The van der Waals surface area contributed by atoms with Gasteiger partial charge in [0, 0.05) is 10.0 Å². The molecule has 3 N–H and O–H groups in total. The van der Waals surface area contributed by atoms with Gasteiger partial charge in [0.05, 0.1) is 5.41 Å². The first-order valence-electron chi connectivity index (χ1n) is 9.02. The molecule has 2 amide bonds. The van der Waals surface area contributed by atoms with E-state index in [9.17, 15) is 9.59 Å². The average Bonchev–Trinajstić information content (AvgIpc) is 3.43. The van der Waals surface area contributed by atoms with Crippen LogP contribution in [0, 0.1) is 0 Å². The number of primary amides is 1. The summed E-state index contributed by atoms with van der Waals surface area (Å²) in [6.45, 7) is 0. The SMILES string of the molecule is NC(=O)[C@H](CCCc1ccccc1)NC(=O)C1(c2ccc(Cl)cc2Cl)CC1. The standard InChI is InChI=1S/C21H22Cl2N2O2/c22-15-9-10-16(17(23)13-15)21(11-12-21)20(27)25-18(19(24)26)8-4-7-14-5-2-1-3-6-14/h1-3,5-6,9-10,13,18H,4,7-8,11-12H2,(H2,24,26)(H,25,27)/t18-/m0/s1. The number of amides is 2. The van der Waals surface area contributed by atoms with Gasteiger partial charge in [-0.2, -0.15) is 0 Å². The van der Waals surface area contributed by atoms with Crippen molar-refractivity contribution in [2.24, 2.45) is 5.73 Å². The molecule has 2 aromatic rings. The van der Waals surface area contributed by atoms with Gasteiger partial charge in [0.2, 0.25) is 11.8 Å². The lowest BCUT2D eigenvalue weighted by Gasteiger charge is -2.21. The van der Waals surface area contributed by atoms with E-state index in [0.29, 0.717) is 29.3 Å². The lowest BCUT2D eigenvalue weighted by Crippen LogP contribution is -2.48. The maximum atomic E-state index is 12.9. The Hall–Kier alpha value is -2.04. The fourth-order valence-electron chi connectivity index (χ4n) is 3.36. The van der Waals surface area contributed by atoms with Crippen LogP contribution in [0.4, 0.5) is 0 Å². The molecule has 0 aliphatic heterocycles. The summed E-state index contributed by atoms with van der Waals surface area (Å²) >= 11 is 12.2. The fourth-order valence-corrected chi connectivity index (χ4v) is 3.95. The van der Waals surface area contributed by atoms with Crippen molar-refractivity contribution >= 4 is 35.0 Å². The summed E-state index contributed by atoms with van der Waals surface area (Å²) in [7, 11) is 0. The molecule has 2 aromatic carbocycles. The first-order valence-corrected chi connectivity index (χ1v) is 9.78. The molecule has 0 aromatic heterocycles. The predicted molar refractivity (Wildman–Crippen MR) is 108 cm³/mol. The van der Waals surface area contributed by atoms with Gasteiger partial charge >= 0.3 is 0 Å². The van der Waals surface area contributed by atoms with Gasteiger partial charge in [-0.05, 0) is 55.4 Å². The fraction of sp³-hybridized carbons (Fsp3) is 0.333. The van der Waals surface area contributed by atoms with Gasteiger partial charge in [0.1, 0.15) is 6.04 Å². The second-order valence-corrected chi connectivity index (χ2v) is 7.86. The molecular formula is C21H22Cl2N2O2. The Morgan fingerprint density at radius 2 is 1.81 bits per heavy atom. The number of nitrogens with one attached hydrogen (secondary N) is 1. The number of rotatable bonds is 8. The summed E-state index contributed by atoms with van der Waals surface area (Å²) in [6, 6.07) is 14.5. The van der Waals surface area contributed by atoms with Crippen molar-refractivity contribution in [1.29, 1.82) is 0 Å². The van der Waals surface area contributed by atoms with Crippen LogP contribution in [0.5, 0.6) is 0 Å². The molecular weight excluding hydrogens is 383 g/mol. The van der Waals surface area contributed by atoms with Crippen LogP contribution < -0.4 is 11.1 Å². The number of hydrogen-bond acceptors (Lipinski definition) is 2. The van der Waals surface area contributed by atoms with E-state index in [4.69, 9.17) is 28.9 Å². The molecule has 0 bridgehead atoms. The molecule has 1 atom stereocenters. The lowest BCUT2D eigenvalue weighted by molar-refractivity contribution is -0.129. The number of carbonyl (C=O) groups is 2. The van der Waals surface area contributed by atoms with E-state index in [2.05, 4.69) is 5.32 Å². The van der Waals surface area contributed by atoms with Gasteiger partial charge in [0.15, 0.2) is 0 Å². The molecule has 0 unspecified atom stereocenters. The molecule has 3 rings (SSSR count). The zero-order chi connectivity index (χ0) is 19.4. The lowest BCUT2D eigenvalue weighted by atomic mass is 9.94. The third kappa shape index (κ3) is 4.63. The first kappa shape index (κ1) is 19.7. The van der Waals surface area contributed by atoms with E-state index in [0.717, 1.165) is 18.4 Å². The maximum absolute atomic E-state index is 12.9. The molecule has 0 heterocycles. The monoisotopic (exact) mass is 404 g/mol. The van der Waals surface area contributed by atoms with E-state index in [1.54, 1.807) is 18.2 Å². The summed E-state index contributed by atoms with van der Waals surface area (Å²) in [5.41, 5.74) is 6.78. The topological polar surface area (TPSA) is 72.2 Å². The van der Waals surface area contributed by atoms with Crippen molar-refractivity contribution in [1.82, 2.24) is 5.32 Å². The highest BCUT2D eigenvalue weighted by Gasteiger charge is 2.52. The van der Waals surface area contributed by atoms with E-state index >= 15 is 0 Å². The molecule has 6 heteroatoms. The van der Waals surface area contributed by atoms with E-state index < -0.39 is 17.4 Å². The average molecular weight is 405 g/mol. The summed E-state index contributed by atoms with van der Waals surface area (Å²) in [5.74, 6) is -0.718. The largest absolute Gasteiger partial charge is 0.368 e. The number of carbonyl (C=O) groups excluding carboxylic acids is 2. The number of benzene rings is 2. The van der Waals surface area contributed by atoms with Crippen LogP contribution in [0.1, 0.15) is 36.8 Å². The second-order valence-electron chi connectivity index (χ2n) is 7.01. The molecule has 4 nitrogen and oxygen atoms in total. The summed E-state index contributed by atoms with van der Waals surface area (Å²) in [4.78, 5) is 24.7. The Balaban J connectivity index is 1.64. The molecule has 1 saturated carbocycles. The van der Waals surface area contributed by atoms with Crippen molar-refractivity contribution in [3.05, 3.63) is 69.7 Å². The molecule has 0 saturated heterocycles. The molecule has 27 heavy (non-hydrogen) atoms.